The van der Waals surface area contributed by atoms with Crippen LogP contribution in [0.25, 0.3) is 10.9 Å². The van der Waals surface area contributed by atoms with Crippen LogP contribution >= 0.6 is 0 Å². The molecular formula is C21H21FN2O. The molecule has 3 aromatic rings. The van der Waals surface area contributed by atoms with Crippen molar-refractivity contribution >= 4 is 16.8 Å². The van der Waals surface area contributed by atoms with Gasteiger partial charge in [0.15, 0.2) is 0 Å². The van der Waals surface area contributed by atoms with E-state index in [1.165, 1.54) is 11.6 Å². The Morgan fingerprint density at radius 2 is 1.96 bits per heavy atom. The molecule has 0 saturated heterocycles. The van der Waals surface area contributed by atoms with Gasteiger partial charge in [-0.1, -0.05) is 42.0 Å². The van der Waals surface area contributed by atoms with Crippen molar-refractivity contribution in [2.45, 2.75) is 13.5 Å². The van der Waals surface area contributed by atoms with E-state index in [0.717, 1.165) is 5.56 Å². The Morgan fingerprint density at radius 3 is 2.60 bits per heavy atom. The Labute approximate surface area is 147 Å². The first-order valence-electron chi connectivity index (χ1n) is 8.21. The maximum absolute atomic E-state index is 14.0. The molecule has 128 valence electrons. The number of hydrogen-bond acceptors (Lipinski definition) is 1. The fraction of sp³-hybridized carbons (Fsp3) is 0.190. The smallest absolute Gasteiger partial charge is 0.271 e. The lowest BCUT2D eigenvalue weighted by molar-refractivity contribution is 0.0753. The maximum atomic E-state index is 14.0. The van der Waals surface area contributed by atoms with Crippen molar-refractivity contribution in [3.05, 3.63) is 83.8 Å². The van der Waals surface area contributed by atoms with Gasteiger partial charge in [0, 0.05) is 25.5 Å². The third-order valence-corrected chi connectivity index (χ3v) is 4.38. The van der Waals surface area contributed by atoms with Crippen molar-refractivity contribution in [3.8, 4) is 0 Å². The van der Waals surface area contributed by atoms with Crippen LogP contribution < -0.4 is 0 Å². The van der Waals surface area contributed by atoms with Gasteiger partial charge in [0.25, 0.3) is 5.91 Å². The van der Waals surface area contributed by atoms with Crippen LogP contribution in [0.5, 0.6) is 0 Å². The summed E-state index contributed by atoms with van der Waals surface area (Å²) in [6.07, 6.45) is 1.70. The number of aryl methyl sites for hydroxylation is 2. The molecule has 3 nitrogen and oxygen atoms in total. The predicted molar refractivity (Wildman–Crippen MR) is 99.0 cm³/mol. The summed E-state index contributed by atoms with van der Waals surface area (Å²) in [6, 6.07) is 14.6. The number of nitrogens with zero attached hydrogens (tertiary/aromatic N) is 2. The first-order valence-corrected chi connectivity index (χ1v) is 8.21. The molecule has 0 aliphatic rings. The van der Waals surface area contributed by atoms with Crippen LogP contribution in [0, 0.1) is 12.7 Å². The molecule has 0 fully saturated rings. The van der Waals surface area contributed by atoms with Crippen LogP contribution in [0.3, 0.4) is 0 Å². The molecule has 4 heteroatoms. The standard InChI is InChI=1S/C21H21FN2O/c1-4-12-24(14-16-10-8-15(2)9-11-16)21(25)20-13-17-18(22)6-5-7-19(17)23(20)3/h4-11,13H,1,12,14H2,2-3H3. The zero-order valence-corrected chi connectivity index (χ0v) is 14.5. The molecule has 0 spiro atoms. The molecule has 0 unspecified atom stereocenters. The van der Waals surface area contributed by atoms with Gasteiger partial charge in [-0.15, -0.1) is 6.58 Å². The van der Waals surface area contributed by atoms with Gasteiger partial charge in [0.05, 0.1) is 5.52 Å². The van der Waals surface area contributed by atoms with Crippen LogP contribution in [0.2, 0.25) is 0 Å². The average Bonchev–Trinajstić information content (AvgIpc) is 2.94. The molecule has 1 heterocycles. The van der Waals surface area contributed by atoms with Crippen LogP contribution in [0.1, 0.15) is 21.6 Å². The minimum Gasteiger partial charge on any atom is -0.340 e. The molecule has 1 amide bonds. The number of aromatic nitrogens is 1. The Bertz CT molecular complexity index is 925. The fourth-order valence-electron chi connectivity index (χ4n) is 2.98. The average molecular weight is 336 g/mol. The highest BCUT2D eigenvalue weighted by atomic mass is 19.1. The van der Waals surface area contributed by atoms with E-state index in [4.69, 9.17) is 0 Å². The van der Waals surface area contributed by atoms with Gasteiger partial charge in [-0.3, -0.25) is 4.79 Å². The molecular weight excluding hydrogens is 315 g/mol. The third kappa shape index (κ3) is 3.33. The molecule has 0 radical (unpaired) electrons. The first kappa shape index (κ1) is 17.0. The number of carbonyl (C=O) groups excluding carboxylic acids is 1. The number of halogens is 1. The van der Waals surface area contributed by atoms with Crippen LogP contribution in [0.15, 0.2) is 61.2 Å². The largest absolute Gasteiger partial charge is 0.340 e. The maximum Gasteiger partial charge on any atom is 0.271 e. The summed E-state index contributed by atoms with van der Waals surface area (Å²) in [5, 5.41) is 0.460. The summed E-state index contributed by atoms with van der Waals surface area (Å²) in [5.74, 6) is -0.459. The van der Waals surface area contributed by atoms with Crippen molar-refractivity contribution in [3.63, 3.8) is 0 Å². The summed E-state index contributed by atoms with van der Waals surface area (Å²) in [6.45, 7) is 6.69. The monoisotopic (exact) mass is 336 g/mol. The fourth-order valence-corrected chi connectivity index (χ4v) is 2.98. The molecule has 2 aromatic carbocycles. The van der Waals surface area contributed by atoms with Gasteiger partial charge in [-0.25, -0.2) is 4.39 Å². The lowest BCUT2D eigenvalue weighted by Gasteiger charge is -2.21. The Kier molecular flexibility index (Phi) is 4.70. The molecule has 0 aliphatic heterocycles. The minimum absolute atomic E-state index is 0.140. The van der Waals surface area contributed by atoms with E-state index in [0.29, 0.717) is 29.7 Å². The van der Waals surface area contributed by atoms with Crippen LogP contribution in [-0.2, 0) is 13.6 Å². The van der Waals surface area contributed by atoms with E-state index in [-0.39, 0.29) is 11.7 Å². The Hall–Kier alpha value is -2.88. The summed E-state index contributed by atoms with van der Waals surface area (Å²) in [5.41, 5.74) is 3.39. The van der Waals surface area contributed by atoms with E-state index in [1.807, 2.05) is 37.3 Å². The summed E-state index contributed by atoms with van der Waals surface area (Å²) >= 11 is 0. The summed E-state index contributed by atoms with van der Waals surface area (Å²) in [4.78, 5) is 14.8. The highest BCUT2D eigenvalue weighted by molar-refractivity contribution is 5.99. The van der Waals surface area contributed by atoms with Crippen molar-refractivity contribution in [1.29, 1.82) is 0 Å². The normalized spacial score (nSPS) is 10.8. The number of amides is 1. The molecule has 0 saturated carbocycles. The Balaban J connectivity index is 1.95. The molecule has 0 aliphatic carbocycles. The van der Waals surface area contributed by atoms with Gasteiger partial charge in [0.1, 0.15) is 11.5 Å². The van der Waals surface area contributed by atoms with Gasteiger partial charge < -0.3 is 9.47 Å². The van der Waals surface area contributed by atoms with E-state index < -0.39 is 0 Å². The molecule has 1 aromatic heterocycles. The zero-order valence-electron chi connectivity index (χ0n) is 14.5. The minimum atomic E-state index is -0.319. The SMILES string of the molecule is C=CCN(Cc1ccc(C)cc1)C(=O)c1cc2c(F)cccc2n1C. The molecule has 0 atom stereocenters. The van der Waals surface area contributed by atoms with Crippen molar-refractivity contribution in [1.82, 2.24) is 9.47 Å². The predicted octanol–water partition coefficient (Wildman–Crippen LogP) is 4.45. The highest BCUT2D eigenvalue weighted by Crippen LogP contribution is 2.23. The van der Waals surface area contributed by atoms with Crippen LogP contribution in [0.4, 0.5) is 4.39 Å². The second-order valence-electron chi connectivity index (χ2n) is 6.22. The highest BCUT2D eigenvalue weighted by Gasteiger charge is 2.20. The number of carbonyl (C=O) groups is 1. The quantitative estimate of drug-likeness (QED) is 0.632. The van der Waals surface area contributed by atoms with Gasteiger partial charge in [-0.2, -0.15) is 0 Å². The third-order valence-electron chi connectivity index (χ3n) is 4.38. The van der Waals surface area contributed by atoms with Crippen molar-refractivity contribution in [2.24, 2.45) is 7.05 Å². The Morgan fingerprint density at radius 1 is 1.24 bits per heavy atom. The summed E-state index contributed by atoms with van der Waals surface area (Å²) in [7, 11) is 1.78. The second-order valence-corrected chi connectivity index (χ2v) is 6.22. The number of benzene rings is 2. The number of fused-ring (bicyclic) bond motifs is 1. The lowest BCUT2D eigenvalue weighted by Crippen LogP contribution is -2.32. The van der Waals surface area contributed by atoms with Crippen LogP contribution in [-0.4, -0.2) is 21.9 Å². The second kappa shape index (κ2) is 6.93. The van der Waals surface area contributed by atoms with E-state index >= 15 is 0 Å². The van der Waals surface area contributed by atoms with E-state index in [2.05, 4.69) is 6.58 Å². The lowest BCUT2D eigenvalue weighted by atomic mass is 10.1. The zero-order chi connectivity index (χ0) is 18.0. The van der Waals surface area contributed by atoms with Gasteiger partial charge in [-0.05, 0) is 30.7 Å². The number of rotatable bonds is 5. The molecule has 0 N–H and O–H groups in total. The molecule has 0 bridgehead atoms. The van der Waals surface area contributed by atoms with Crippen molar-refractivity contribution in [2.75, 3.05) is 6.54 Å². The van der Waals surface area contributed by atoms with E-state index in [9.17, 15) is 9.18 Å². The number of hydrogen-bond donors (Lipinski definition) is 0. The summed E-state index contributed by atoms with van der Waals surface area (Å²) < 4.78 is 15.8. The molecule has 3 rings (SSSR count). The van der Waals surface area contributed by atoms with E-state index in [1.54, 1.807) is 34.7 Å². The molecule has 25 heavy (non-hydrogen) atoms. The first-order chi connectivity index (χ1) is 12.0. The van der Waals surface area contributed by atoms with Gasteiger partial charge >= 0.3 is 0 Å². The van der Waals surface area contributed by atoms with Crippen molar-refractivity contribution < 1.29 is 9.18 Å². The van der Waals surface area contributed by atoms with Gasteiger partial charge in [0.2, 0.25) is 0 Å². The topological polar surface area (TPSA) is 25.2 Å².